The molecule has 192 valence electrons. The zero-order valence-electron chi connectivity index (χ0n) is 21.0. The number of rotatable bonds is 7. The van der Waals surface area contributed by atoms with Crippen LogP contribution in [0.25, 0.3) is 11.3 Å². The molecular formula is C29H31N3O3S2. The second kappa shape index (κ2) is 11.1. The summed E-state index contributed by atoms with van der Waals surface area (Å²) in [6, 6.07) is 27.5. The minimum atomic E-state index is -3.64. The number of benzene rings is 3. The summed E-state index contributed by atoms with van der Waals surface area (Å²) in [5.41, 5.74) is 3.94. The van der Waals surface area contributed by atoms with Gasteiger partial charge in [0.2, 0.25) is 10.0 Å². The summed E-state index contributed by atoms with van der Waals surface area (Å²) in [6.45, 7) is 5.25. The van der Waals surface area contributed by atoms with Crippen LogP contribution < -0.4 is 4.80 Å². The van der Waals surface area contributed by atoms with Crippen LogP contribution in [0.5, 0.6) is 0 Å². The highest BCUT2D eigenvalue weighted by Crippen LogP contribution is 2.27. The summed E-state index contributed by atoms with van der Waals surface area (Å²) >= 11 is 1.56. The number of sulfonamides is 1. The number of para-hydroxylation sites is 1. The molecule has 4 aromatic rings. The van der Waals surface area contributed by atoms with E-state index in [1.807, 2.05) is 74.5 Å². The Labute approximate surface area is 222 Å². The fourth-order valence-corrected chi connectivity index (χ4v) is 7.25. The lowest BCUT2D eigenvalue weighted by molar-refractivity contribution is -0.0440. The third-order valence-corrected chi connectivity index (χ3v) is 9.09. The van der Waals surface area contributed by atoms with E-state index in [1.54, 1.807) is 23.5 Å². The van der Waals surface area contributed by atoms with Crippen LogP contribution in [0.3, 0.4) is 0 Å². The molecule has 0 radical (unpaired) electrons. The van der Waals surface area contributed by atoms with Gasteiger partial charge in [0.1, 0.15) is 0 Å². The molecule has 2 heterocycles. The Balaban J connectivity index is 1.53. The predicted molar refractivity (Wildman–Crippen MR) is 148 cm³/mol. The summed E-state index contributed by atoms with van der Waals surface area (Å²) in [5.74, 6) is 0. The van der Waals surface area contributed by atoms with Crippen molar-refractivity contribution >= 4 is 27.0 Å². The second-order valence-electron chi connectivity index (χ2n) is 9.35. The smallest absolute Gasteiger partial charge is 0.243 e. The van der Waals surface area contributed by atoms with Crippen LogP contribution in [0.4, 0.5) is 5.69 Å². The van der Waals surface area contributed by atoms with Crippen molar-refractivity contribution in [3.63, 3.8) is 0 Å². The molecule has 37 heavy (non-hydrogen) atoms. The van der Waals surface area contributed by atoms with Crippen LogP contribution in [-0.2, 0) is 27.7 Å². The molecule has 1 saturated heterocycles. The number of morpholine rings is 1. The first-order valence-corrected chi connectivity index (χ1v) is 14.8. The minimum absolute atomic E-state index is 0.138. The fraction of sp³-hybridized carbons (Fsp3) is 0.276. The van der Waals surface area contributed by atoms with E-state index in [9.17, 15) is 8.42 Å². The van der Waals surface area contributed by atoms with Crippen LogP contribution in [0, 0.1) is 0 Å². The van der Waals surface area contributed by atoms with Gasteiger partial charge in [0.25, 0.3) is 0 Å². The van der Waals surface area contributed by atoms with Crippen molar-refractivity contribution in [1.29, 1.82) is 0 Å². The summed E-state index contributed by atoms with van der Waals surface area (Å²) in [7, 11) is -3.64. The van der Waals surface area contributed by atoms with E-state index in [4.69, 9.17) is 9.73 Å². The van der Waals surface area contributed by atoms with E-state index in [0.717, 1.165) is 34.7 Å². The summed E-state index contributed by atoms with van der Waals surface area (Å²) in [6.07, 6.45) is 0.565. The number of hydrogen-bond donors (Lipinski definition) is 0. The average Bonchev–Trinajstić information content (AvgIpc) is 3.30. The van der Waals surface area contributed by atoms with Gasteiger partial charge in [0.15, 0.2) is 4.80 Å². The fourth-order valence-electron chi connectivity index (χ4n) is 4.66. The third-order valence-electron chi connectivity index (χ3n) is 6.40. The minimum Gasteiger partial charge on any atom is -0.373 e. The first kappa shape index (κ1) is 25.6. The van der Waals surface area contributed by atoms with Gasteiger partial charge in [-0.25, -0.2) is 13.4 Å². The maximum absolute atomic E-state index is 13.6. The van der Waals surface area contributed by atoms with E-state index in [0.29, 0.717) is 18.0 Å². The first-order valence-electron chi connectivity index (χ1n) is 12.5. The molecule has 0 unspecified atom stereocenters. The molecule has 0 aliphatic carbocycles. The van der Waals surface area contributed by atoms with Gasteiger partial charge in [-0.05, 0) is 50.1 Å². The second-order valence-corrected chi connectivity index (χ2v) is 12.1. The Hall–Kier alpha value is -3.04. The van der Waals surface area contributed by atoms with Crippen molar-refractivity contribution in [2.75, 3.05) is 13.1 Å². The first-order chi connectivity index (χ1) is 17.9. The molecule has 1 aromatic heterocycles. The Bertz CT molecular complexity index is 1500. The van der Waals surface area contributed by atoms with Crippen molar-refractivity contribution in [1.82, 2.24) is 8.87 Å². The third kappa shape index (κ3) is 5.93. The van der Waals surface area contributed by atoms with Gasteiger partial charge in [0, 0.05) is 30.6 Å². The Morgan fingerprint density at radius 3 is 2.30 bits per heavy atom. The number of aromatic nitrogens is 1. The molecule has 1 fully saturated rings. The maximum Gasteiger partial charge on any atom is 0.243 e. The SMILES string of the molecule is C[C@@H]1CN(S(=O)(=O)c2cccc(-c3csc(=Nc4ccccc4)n3CCc3ccccc3)c2)C[C@H](C)O1. The van der Waals surface area contributed by atoms with E-state index < -0.39 is 10.0 Å². The molecule has 0 bridgehead atoms. The lowest BCUT2D eigenvalue weighted by atomic mass is 10.1. The van der Waals surface area contributed by atoms with Crippen molar-refractivity contribution in [2.24, 2.45) is 4.99 Å². The molecule has 0 N–H and O–H groups in total. The normalized spacial score (nSPS) is 19.2. The standard InChI is InChI=1S/C29H31N3O3S2/c1-22-19-31(20-23(2)35-22)37(33,34)27-15-9-12-25(18-27)28-21-36-29(30-26-13-7-4-8-14-26)32(28)17-16-24-10-5-3-6-11-24/h3-15,18,21-23H,16-17,19-20H2,1-2H3/t22-,23+. The van der Waals surface area contributed by atoms with Crippen LogP contribution >= 0.6 is 11.3 Å². The molecular weight excluding hydrogens is 502 g/mol. The number of hydrogen-bond acceptors (Lipinski definition) is 5. The van der Waals surface area contributed by atoms with E-state index >= 15 is 0 Å². The van der Waals surface area contributed by atoms with Crippen molar-refractivity contribution in [2.45, 2.75) is 43.9 Å². The quantitative estimate of drug-likeness (QED) is 0.316. The molecule has 0 amide bonds. The monoisotopic (exact) mass is 533 g/mol. The molecule has 1 aliphatic rings. The summed E-state index contributed by atoms with van der Waals surface area (Å²) in [5, 5.41) is 2.07. The van der Waals surface area contributed by atoms with Gasteiger partial charge in [-0.15, -0.1) is 11.3 Å². The predicted octanol–water partition coefficient (Wildman–Crippen LogP) is 5.49. The lowest BCUT2D eigenvalue weighted by Gasteiger charge is -2.34. The van der Waals surface area contributed by atoms with Crippen molar-refractivity contribution in [3.8, 4) is 11.3 Å². The highest BCUT2D eigenvalue weighted by Gasteiger charge is 2.32. The van der Waals surface area contributed by atoms with Gasteiger partial charge in [-0.2, -0.15) is 4.31 Å². The van der Waals surface area contributed by atoms with E-state index in [-0.39, 0.29) is 12.2 Å². The number of ether oxygens (including phenoxy) is 1. The molecule has 1 aliphatic heterocycles. The highest BCUT2D eigenvalue weighted by atomic mass is 32.2. The van der Waals surface area contributed by atoms with Crippen LogP contribution in [0.15, 0.2) is 100 Å². The van der Waals surface area contributed by atoms with Crippen LogP contribution in [0.2, 0.25) is 0 Å². The highest BCUT2D eigenvalue weighted by molar-refractivity contribution is 7.89. The van der Waals surface area contributed by atoms with Gasteiger partial charge in [-0.1, -0.05) is 60.7 Å². The molecule has 0 spiro atoms. The van der Waals surface area contributed by atoms with Gasteiger partial charge >= 0.3 is 0 Å². The summed E-state index contributed by atoms with van der Waals surface area (Å²) < 4.78 is 36.6. The van der Waals surface area contributed by atoms with E-state index in [2.05, 4.69) is 22.1 Å². The van der Waals surface area contributed by atoms with E-state index in [1.165, 1.54) is 9.87 Å². The zero-order chi connectivity index (χ0) is 25.8. The Morgan fingerprint density at radius 1 is 0.919 bits per heavy atom. The van der Waals surface area contributed by atoms with Gasteiger partial charge in [0.05, 0.1) is 28.5 Å². The molecule has 2 atom stereocenters. The Kier molecular flexibility index (Phi) is 7.71. The zero-order valence-corrected chi connectivity index (χ0v) is 22.7. The maximum atomic E-state index is 13.6. The largest absolute Gasteiger partial charge is 0.373 e. The van der Waals surface area contributed by atoms with Gasteiger partial charge < -0.3 is 9.30 Å². The van der Waals surface area contributed by atoms with Crippen molar-refractivity contribution in [3.05, 3.63) is 101 Å². The molecule has 6 nitrogen and oxygen atoms in total. The lowest BCUT2D eigenvalue weighted by Crippen LogP contribution is -2.48. The Morgan fingerprint density at radius 2 is 1.59 bits per heavy atom. The number of aryl methyl sites for hydroxylation is 1. The van der Waals surface area contributed by atoms with Crippen LogP contribution in [-0.4, -0.2) is 42.6 Å². The van der Waals surface area contributed by atoms with Crippen LogP contribution in [0.1, 0.15) is 19.4 Å². The average molecular weight is 534 g/mol. The molecule has 0 saturated carbocycles. The van der Waals surface area contributed by atoms with Crippen molar-refractivity contribution < 1.29 is 13.2 Å². The summed E-state index contributed by atoms with van der Waals surface area (Å²) in [4.78, 5) is 6.08. The van der Waals surface area contributed by atoms with Gasteiger partial charge in [-0.3, -0.25) is 0 Å². The molecule has 5 rings (SSSR count). The number of thiazole rings is 1. The number of nitrogens with zero attached hydrogens (tertiary/aromatic N) is 3. The topological polar surface area (TPSA) is 63.9 Å². The molecule has 3 aromatic carbocycles. The molecule has 8 heteroatoms.